The van der Waals surface area contributed by atoms with Gasteiger partial charge < -0.3 is 5.11 Å². The summed E-state index contributed by atoms with van der Waals surface area (Å²) in [5.41, 5.74) is 0. The Balaban J connectivity index is 3.43. The van der Waals surface area contributed by atoms with Crippen LogP contribution in [-0.4, -0.2) is 5.11 Å². The Bertz CT molecular complexity index is 340. The van der Waals surface area contributed by atoms with Crippen molar-refractivity contribution in [1.82, 2.24) is 0 Å². The molecule has 0 aliphatic carbocycles. The van der Waals surface area contributed by atoms with E-state index in [2.05, 4.69) is 0 Å². The van der Waals surface area contributed by atoms with Crippen LogP contribution in [0, 0.1) is 0 Å². The van der Waals surface area contributed by atoms with Crippen LogP contribution < -0.4 is 5.30 Å². The highest BCUT2D eigenvalue weighted by Gasteiger charge is 2.27. The molecular weight excluding hydrogens is 241 g/mol. The summed E-state index contributed by atoms with van der Waals surface area (Å²) in [5.74, 6) is -0.208. The number of rotatable bonds is 1. The van der Waals surface area contributed by atoms with Crippen LogP contribution in [0.1, 0.15) is 0 Å². The molecule has 64 valence electrons. The lowest BCUT2D eigenvalue weighted by molar-refractivity contribution is 0.479. The van der Waals surface area contributed by atoms with Gasteiger partial charge in [-0.15, -0.1) is 0 Å². The fraction of sp³-hybridized carbons (Fsp3) is 0. The summed E-state index contributed by atoms with van der Waals surface area (Å²) in [6, 6.07) is 2.69. The van der Waals surface area contributed by atoms with E-state index < -0.39 is 7.15 Å². The molecule has 1 rings (SSSR count). The van der Waals surface area contributed by atoms with Crippen LogP contribution in [0.3, 0.4) is 0 Å². The van der Waals surface area contributed by atoms with Gasteiger partial charge >= 0.3 is 7.15 Å². The minimum absolute atomic E-state index is 0.0131. The first-order valence-electron chi connectivity index (χ1n) is 2.84. The minimum atomic E-state index is -2.20. The Kier molecular flexibility index (Phi) is 3.19. The van der Waals surface area contributed by atoms with Crippen LogP contribution in [0.25, 0.3) is 0 Å². The van der Waals surface area contributed by atoms with Crippen LogP contribution >= 0.6 is 41.6 Å². The van der Waals surface area contributed by atoms with Gasteiger partial charge in [-0.1, -0.05) is 23.2 Å². The fourth-order valence-electron chi connectivity index (χ4n) is 0.697. The molecule has 1 N–H and O–H groups in total. The van der Waals surface area contributed by atoms with Crippen LogP contribution in [0.5, 0.6) is 5.75 Å². The van der Waals surface area contributed by atoms with Crippen molar-refractivity contribution in [3.05, 3.63) is 22.2 Å². The molecule has 0 aliphatic rings. The summed E-state index contributed by atoms with van der Waals surface area (Å²) in [6.45, 7) is 0. The third-order valence-electron chi connectivity index (χ3n) is 1.22. The smallest absolute Gasteiger partial charge is 0.499 e. The molecule has 1 aromatic rings. The topological polar surface area (TPSA) is 37.3 Å². The van der Waals surface area contributed by atoms with Gasteiger partial charge in [-0.3, -0.25) is 0 Å². The van der Waals surface area contributed by atoms with Crippen molar-refractivity contribution in [3.8, 4) is 5.75 Å². The van der Waals surface area contributed by atoms with Crippen molar-refractivity contribution in [3.63, 3.8) is 0 Å². The van der Waals surface area contributed by atoms with Crippen LogP contribution in [-0.2, 0) is 4.57 Å². The number of benzene rings is 1. The standard InChI is InChI=1S/C6H2Cl3O2P/c7-3-1-2-4(10)6(5(3)8)12(9)11/h1-2H/p+1. The SMILES string of the molecule is O=[P+](Cl)c1c(O)ccc(Cl)c1Cl. The maximum Gasteiger partial charge on any atom is 0.499 e. The van der Waals surface area contributed by atoms with E-state index in [1.54, 1.807) is 0 Å². The Morgan fingerprint density at radius 3 is 2.33 bits per heavy atom. The first-order valence-corrected chi connectivity index (χ1v) is 5.76. The van der Waals surface area contributed by atoms with Crippen LogP contribution in [0.15, 0.2) is 12.1 Å². The molecule has 1 atom stereocenters. The molecule has 2 nitrogen and oxygen atoms in total. The van der Waals surface area contributed by atoms with Crippen molar-refractivity contribution < 1.29 is 9.67 Å². The van der Waals surface area contributed by atoms with Gasteiger partial charge in [-0.05, 0) is 16.7 Å². The summed E-state index contributed by atoms with van der Waals surface area (Å²) in [5, 5.41) is 9.41. The van der Waals surface area contributed by atoms with E-state index in [0.717, 1.165) is 0 Å². The Morgan fingerprint density at radius 2 is 1.92 bits per heavy atom. The number of hydrogen-bond acceptors (Lipinski definition) is 2. The summed E-state index contributed by atoms with van der Waals surface area (Å²) in [4.78, 5) is 0. The van der Waals surface area contributed by atoms with Crippen molar-refractivity contribution in [2.45, 2.75) is 0 Å². The van der Waals surface area contributed by atoms with Crippen molar-refractivity contribution in [2.24, 2.45) is 0 Å². The van der Waals surface area contributed by atoms with E-state index in [9.17, 15) is 9.67 Å². The molecule has 0 aromatic heterocycles. The van der Waals surface area contributed by atoms with E-state index in [1.807, 2.05) is 0 Å². The Labute approximate surface area is 84.6 Å². The number of phenolic OH excluding ortho intramolecular Hbond substituents is 1. The normalized spacial score (nSPS) is 11.4. The average molecular weight is 244 g/mol. The molecule has 0 aliphatic heterocycles. The van der Waals surface area contributed by atoms with Crippen molar-refractivity contribution in [1.29, 1.82) is 0 Å². The van der Waals surface area contributed by atoms with Gasteiger partial charge in [0.1, 0.15) is 5.02 Å². The highest BCUT2D eigenvalue weighted by atomic mass is 35.7. The molecule has 1 aromatic carbocycles. The third kappa shape index (κ3) is 1.83. The van der Waals surface area contributed by atoms with E-state index in [-0.39, 0.29) is 21.1 Å². The average Bonchev–Trinajstić information content (AvgIpc) is 1.97. The third-order valence-corrected chi connectivity index (χ3v) is 3.47. The van der Waals surface area contributed by atoms with Gasteiger partial charge in [0, 0.05) is 0 Å². The molecule has 6 heteroatoms. The van der Waals surface area contributed by atoms with Gasteiger partial charge in [0.05, 0.1) is 5.02 Å². The molecule has 0 radical (unpaired) electrons. The van der Waals surface area contributed by atoms with Gasteiger partial charge in [-0.2, -0.15) is 0 Å². The predicted octanol–water partition coefficient (Wildman–Crippen LogP) is 3.31. The molecule has 0 heterocycles. The maximum absolute atomic E-state index is 10.8. The summed E-state index contributed by atoms with van der Waals surface area (Å²) >= 11 is 16.5. The van der Waals surface area contributed by atoms with Crippen molar-refractivity contribution in [2.75, 3.05) is 0 Å². The molecule has 1 unspecified atom stereocenters. The molecular formula is C6H3Cl3O2P+. The molecule has 0 fully saturated rings. The van der Waals surface area contributed by atoms with E-state index in [1.165, 1.54) is 12.1 Å². The Morgan fingerprint density at radius 1 is 1.33 bits per heavy atom. The molecule has 0 spiro atoms. The molecule has 0 bridgehead atoms. The molecule has 12 heavy (non-hydrogen) atoms. The maximum atomic E-state index is 10.8. The number of hydrogen-bond donors (Lipinski definition) is 1. The molecule has 0 amide bonds. The van der Waals surface area contributed by atoms with Crippen LogP contribution in [0.4, 0.5) is 0 Å². The lowest BCUT2D eigenvalue weighted by atomic mass is 10.3. The highest BCUT2D eigenvalue weighted by molar-refractivity contribution is 7.80. The zero-order valence-corrected chi connectivity index (χ0v) is 8.75. The van der Waals surface area contributed by atoms with Gasteiger partial charge in [0.2, 0.25) is 11.2 Å². The lowest BCUT2D eigenvalue weighted by Crippen LogP contribution is -1.97. The van der Waals surface area contributed by atoms with Crippen molar-refractivity contribution >= 4 is 46.9 Å². The van der Waals surface area contributed by atoms with Gasteiger partial charge in [-0.25, -0.2) is 0 Å². The van der Waals surface area contributed by atoms with E-state index in [4.69, 9.17) is 34.4 Å². The van der Waals surface area contributed by atoms with Gasteiger partial charge in [0.25, 0.3) is 5.30 Å². The fourth-order valence-corrected chi connectivity index (χ4v) is 2.48. The van der Waals surface area contributed by atoms with Crippen LogP contribution in [0.2, 0.25) is 10.0 Å². The zero-order valence-electron chi connectivity index (χ0n) is 5.59. The van der Waals surface area contributed by atoms with E-state index >= 15 is 0 Å². The number of aromatic hydroxyl groups is 1. The predicted molar refractivity (Wildman–Crippen MR) is 51.2 cm³/mol. The minimum Gasteiger partial charge on any atom is -0.504 e. The summed E-state index contributed by atoms with van der Waals surface area (Å²) in [7, 11) is -2.20. The highest BCUT2D eigenvalue weighted by Crippen LogP contribution is 2.37. The monoisotopic (exact) mass is 243 g/mol. The number of phenols is 1. The first-order chi connectivity index (χ1) is 5.54. The summed E-state index contributed by atoms with van der Waals surface area (Å²) < 4.78 is 10.8. The molecule has 0 saturated carbocycles. The molecule has 0 saturated heterocycles. The summed E-state index contributed by atoms with van der Waals surface area (Å²) in [6.07, 6.45) is 0. The second-order valence-corrected chi connectivity index (χ2v) is 4.62. The largest absolute Gasteiger partial charge is 0.504 e. The second-order valence-electron chi connectivity index (χ2n) is 1.97. The van der Waals surface area contributed by atoms with Gasteiger partial charge in [0.15, 0.2) is 5.75 Å². The Hall–Kier alpha value is -0.0100. The van der Waals surface area contributed by atoms with E-state index in [0.29, 0.717) is 0 Å². The lowest BCUT2D eigenvalue weighted by Gasteiger charge is -1.95. The quantitative estimate of drug-likeness (QED) is 0.770. The number of halogens is 3. The first kappa shape index (κ1) is 10.1. The second kappa shape index (κ2) is 3.80. The zero-order chi connectivity index (χ0) is 9.30.